The maximum absolute atomic E-state index is 12.0. The number of aromatic nitrogens is 1. The Labute approximate surface area is 71.3 Å². The van der Waals surface area contributed by atoms with Crippen molar-refractivity contribution in [2.24, 2.45) is 0 Å². The van der Waals surface area contributed by atoms with Crippen molar-refractivity contribution in [3.8, 4) is 0 Å². The summed E-state index contributed by atoms with van der Waals surface area (Å²) in [6.45, 7) is 0. The number of nitrogens with zero attached hydrogens (tertiary/aromatic N) is 2. The van der Waals surface area contributed by atoms with Gasteiger partial charge in [-0.05, 0) is 6.07 Å². The maximum atomic E-state index is 12.0. The lowest BCUT2D eigenvalue weighted by molar-refractivity contribution is -0.384. The Hall–Kier alpha value is -1.79. The third-order valence-electron chi connectivity index (χ3n) is 1.34. The summed E-state index contributed by atoms with van der Waals surface area (Å²) in [6, 6.07) is 1.78. The molecule has 1 heterocycles. The lowest BCUT2D eigenvalue weighted by Crippen LogP contribution is -2.01. The number of hydrogen-bond acceptors (Lipinski definition) is 4. The van der Waals surface area contributed by atoms with Crippen LogP contribution in [0.2, 0.25) is 0 Å². The van der Waals surface area contributed by atoms with Gasteiger partial charge in [-0.3, -0.25) is 10.1 Å². The van der Waals surface area contributed by atoms with E-state index in [4.69, 9.17) is 5.73 Å². The second-order valence-corrected chi connectivity index (χ2v) is 2.20. The molecular formula is C6H5F2N3O2. The summed E-state index contributed by atoms with van der Waals surface area (Å²) < 4.78 is 24.0. The van der Waals surface area contributed by atoms with Gasteiger partial charge < -0.3 is 5.73 Å². The minimum Gasteiger partial charge on any atom is -0.378 e. The van der Waals surface area contributed by atoms with Gasteiger partial charge in [0.25, 0.3) is 6.43 Å². The van der Waals surface area contributed by atoms with E-state index in [-0.39, 0.29) is 0 Å². The molecule has 0 aliphatic carbocycles. The molecule has 0 aliphatic heterocycles. The molecule has 7 heteroatoms. The largest absolute Gasteiger partial charge is 0.378 e. The molecule has 0 saturated heterocycles. The second kappa shape index (κ2) is 3.30. The Morgan fingerprint density at radius 3 is 2.54 bits per heavy atom. The molecule has 1 aromatic heterocycles. The number of hydrogen-bond donors (Lipinski definition) is 1. The van der Waals surface area contributed by atoms with Crippen LogP contribution in [0, 0.1) is 10.1 Å². The predicted octanol–water partition coefficient (Wildman–Crippen LogP) is 1.51. The topological polar surface area (TPSA) is 82.0 Å². The van der Waals surface area contributed by atoms with Gasteiger partial charge in [-0.1, -0.05) is 0 Å². The Morgan fingerprint density at radius 1 is 1.54 bits per heavy atom. The van der Waals surface area contributed by atoms with Gasteiger partial charge in [0.1, 0.15) is 5.69 Å². The van der Waals surface area contributed by atoms with E-state index in [1.165, 1.54) is 0 Å². The van der Waals surface area contributed by atoms with Gasteiger partial charge in [0.05, 0.1) is 4.92 Å². The Morgan fingerprint density at radius 2 is 2.15 bits per heavy atom. The Kier molecular flexibility index (Phi) is 2.36. The number of pyridine rings is 1. The molecule has 1 rings (SSSR count). The van der Waals surface area contributed by atoms with Gasteiger partial charge in [-0.15, -0.1) is 0 Å². The molecule has 70 valence electrons. The van der Waals surface area contributed by atoms with Crippen molar-refractivity contribution >= 4 is 11.5 Å². The molecule has 0 saturated carbocycles. The van der Waals surface area contributed by atoms with Crippen molar-refractivity contribution in [3.05, 3.63) is 27.9 Å². The number of alkyl halides is 2. The molecule has 1 aromatic rings. The standard InChI is InChI=1S/C6H5F2N3O2/c7-5(8)3-1-2-4(11(12)13)6(9)10-3/h1-2,5H,(H2,9,10). The zero-order valence-electron chi connectivity index (χ0n) is 6.28. The van der Waals surface area contributed by atoms with Crippen molar-refractivity contribution in [2.75, 3.05) is 5.73 Å². The molecule has 0 atom stereocenters. The molecule has 0 fully saturated rings. The zero-order chi connectivity index (χ0) is 10.0. The first-order chi connectivity index (χ1) is 6.02. The minimum atomic E-state index is -2.77. The normalized spacial score (nSPS) is 10.4. The Bertz CT molecular complexity index is 343. The fraction of sp³-hybridized carbons (Fsp3) is 0.167. The summed E-state index contributed by atoms with van der Waals surface area (Å²) >= 11 is 0. The van der Waals surface area contributed by atoms with E-state index < -0.39 is 28.5 Å². The molecular weight excluding hydrogens is 184 g/mol. The fourth-order valence-corrected chi connectivity index (χ4v) is 0.759. The zero-order valence-corrected chi connectivity index (χ0v) is 6.28. The van der Waals surface area contributed by atoms with Crippen molar-refractivity contribution < 1.29 is 13.7 Å². The molecule has 13 heavy (non-hydrogen) atoms. The molecule has 0 aromatic carbocycles. The van der Waals surface area contributed by atoms with Crippen LogP contribution in [-0.4, -0.2) is 9.91 Å². The van der Waals surface area contributed by atoms with Crippen LogP contribution < -0.4 is 5.73 Å². The number of nitrogen functional groups attached to an aromatic ring is 1. The molecule has 0 amide bonds. The molecule has 0 aliphatic rings. The first kappa shape index (κ1) is 9.30. The highest BCUT2D eigenvalue weighted by molar-refractivity contribution is 5.52. The average Bonchev–Trinajstić information content (AvgIpc) is 2.03. The summed E-state index contributed by atoms with van der Waals surface area (Å²) in [6.07, 6.45) is -2.77. The Balaban J connectivity index is 3.13. The minimum absolute atomic E-state index is 0.468. The fourth-order valence-electron chi connectivity index (χ4n) is 0.759. The predicted molar refractivity (Wildman–Crippen MR) is 40.3 cm³/mol. The van der Waals surface area contributed by atoms with Crippen LogP contribution in [-0.2, 0) is 0 Å². The van der Waals surface area contributed by atoms with Crippen molar-refractivity contribution in [1.82, 2.24) is 4.98 Å². The van der Waals surface area contributed by atoms with Crippen LogP contribution in [0.3, 0.4) is 0 Å². The number of halogens is 2. The third-order valence-corrected chi connectivity index (χ3v) is 1.34. The smallest absolute Gasteiger partial charge is 0.311 e. The second-order valence-electron chi connectivity index (χ2n) is 2.20. The number of nitro groups is 1. The monoisotopic (exact) mass is 189 g/mol. The first-order valence-electron chi connectivity index (χ1n) is 3.21. The van der Waals surface area contributed by atoms with Crippen LogP contribution in [0.25, 0.3) is 0 Å². The lowest BCUT2D eigenvalue weighted by Gasteiger charge is -1.99. The first-order valence-corrected chi connectivity index (χ1v) is 3.21. The van der Waals surface area contributed by atoms with E-state index in [2.05, 4.69) is 4.98 Å². The van der Waals surface area contributed by atoms with E-state index in [1.807, 2.05) is 0 Å². The summed E-state index contributed by atoms with van der Waals surface area (Å²) in [4.78, 5) is 12.6. The molecule has 5 nitrogen and oxygen atoms in total. The lowest BCUT2D eigenvalue weighted by atomic mass is 10.3. The number of anilines is 1. The van der Waals surface area contributed by atoms with Gasteiger partial charge >= 0.3 is 5.69 Å². The number of rotatable bonds is 2. The van der Waals surface area contributed by atoms with E-state index in [0.29, 0.717) is 0 Å². The van der Waals surface area contributed by atoms with Gasteiger partial charge in [0, 0.05) is 6.07 Å². The summed E-state index contributed by atoms with van der Waals surface area (Å²) in [5.41, 5.74) is 4.04. The van der Waals surface area contributed by atoms with Crippen LogP contribution in [0.5, 0.6) is 0 Å². The number of nitrogens with two attached hydrogens (primary N) is 1. The maximum Gasteiger partial charge on any atom is 0.311 e. The van der Waals surface area contributed by atoms with Crippen molar-refractivity contribution in [2.45, 2.75) is 6.43 Å². The van der Waals surface area contributed by atoms with Crippen molar-refractivity contribution in [1.29, 1.82) is 0 Å². The van der Waals surface area contributed by atoms with E-state index in [9.17, 15) is 18.9 Å². The third kappa shape index (κ3) is 1.86. The van der Waals surface area contributed by atoms with Gasteiger partial charge in [-0.25, -0.2) is 13.8 Å². The highest BCUT2D eigenvalue weighted by atomic mass is 19.3. The molecule has 0 radical (unpaired) electrons. The van der Waals surface area contributed by atoms with Crippen LogP contribution >= 0.6 is 0 Å². The highest BCUT2D eigenvalue weighted by Crippen LogP contribution is 2.23. The van der Waals surface area contributed by atoms with Crippen LogP contribution in [0.1, 0.15) is 12.1 Å². The quantitative estimate of drug-likeness (QED) is 0.564. The summed E-state index contributed by atoms with van der Waals surface area (Å²) in [5, 5.41) is 10.2. The molecule has 0 spiro atoms. The molecule has 0 bridgehead atoms. The SMILES string of the molecule is Nc1nc(C(F)F)ccc1[N+](=O)[O-]. The summed E-state index contributed by atoms with van der Waals surface area (Å²) in [7, 11) is 0. The highest BCUT2D eigenvalue weighted by Gasteiger charge is 2.16. The molecule has 0 unspecified atom stereocenters. The molecule has 2 N–H and O–H groups in total. The van der Waals surface area contributed by atoms with E-state index in [0.717, 1.165) is 12.1 Å². The van der Waals surface area contributed by atoms with Crippen molar-refractivity contribution in [3.63, 3.8) is 0 Å². The van der Waals surface area contributed by atoms with Gasteiger partial charge in [0.2, 0.25) is 5.82 Å². The van der Waals surface area contributed by atoms with Crippen LogP contribution in [0.4, 0.5) is 20.3 Å². The summed E-state index contributed by atoms with van der Waals surface area (Å²) in [5.74, 6) is -0.497. The van der Waals surface area contributed by atoms with Crippen LogP contribution in [0.15, 0.2) is 12.1 Å². The van der Waals surface area contributed by atoms with E-state index >= 15 is 0 Å². The van der Waals surface area contributed by atoms with Gasteiger partial charge in [-0.2, -0.15) is 0 Å². The van der Waals surface area contributed by atoms with Gasteiger partial charge in [0.15, 0.2) is 0 Å². The van der Waals surface area contributed by atoms with E-state index in [1.54, 1.807) is 0 Å². The average molecular weight is 189 g/mol.